The van der Waals surface area contributed by atoms with Crippen molar-refractivity contribution in [3.05, 3.63) is 56.8 Å². The molecule has 5 nitrogen and oxygen atoms in total. The zero-order valence-corrected chi connectivity index (χ0v) is 16.7. The van der Waals surface area contributed by atoms with Crippen molar-refractivity contribution in [2.75, 3.05) is 38.1 Å². The fraction of sp³-hybridized carbons (Fsp3) is 0.263. The Kier molecular flexibility index (Phi) is 4.69. The Bertz CT molecular complexity index is 869. The van der Waals surface area contributed by atoms with Crippen molar-refractivity contribution < 1.29 is 9.59 Å². The number of piperazine rings is 1. The Morgan fingerprint density at radius 3 is 2.27 bits per heavy atom. The molecule has 1 fully saturated rings. The van der Waals surface area contributed by atoms with Crippen LogP contribution in [0.25, 0.3) is 5.57 Å². The minimum atomic E-state index is -0.242. The lowest BCUT2D eigenvalue weighted by Crippen LogP contribution is -2.46. The summed E-state index contributed by atoms with van der Waals surface area (Å²) in [7, 11) is 2.07. The fourth-order valence-corrected chi connectivity index (χ4v) is 4.34. The fourth-order valence-electron chi connectivity index (χ4n) is 3.31. The van der Waals surface area contributed by atoms with Gasteiger partial charge in [-0.25, -0.2) is 4.90 Å². The molecule has 4 rings (SSSR count). The van der Waals surface area contributed by atoms with E-state index in [1.807, 2.05) is 29.6 Å². The lowest BCUT2D eigenvalue weighted by Gasteiger charge is -2.34. The third-order valence-corrected chi connectivity index (χ3v) is 6.15. The van der Waals surface area contributed by atoms with Crippen molar-refractivity contribution in [2.45, 2.75) is 0 Å². The van der Waals surface area contributed by atoms with Gasteiger partial charge in [-0.15, -0.1) is 11.3 Å². The molecule has 2 aliphatic rings. The number of hydrogen-bond acceptors (Lipinski definition) is 5. The normalized spacial score (nSPS) is 19.0. The quantitative estimate of drug-likeness (QED) is 0.700. The monoisotopic (exact) mass is 431 g/mol. The van der Waals surface area contributed by atoms with Gasteiger partial charge in [0, 0.05) is 35.5 Å². The predicted octanol–water partition coefficient (Wildman–Crippen LogP) is 3.04. The first-order chi connectivity index (χ1) is 12.6. The van der Waals surface area contributed by atoms with E-state index >= 15 is 0 Å². The summed E-state index contributed by atoms with van der Waals surface area (Å²) in [4.78, 5) is 32.9. The Balaban J connectivity index is 1.77. The summed E-state index contributed by atoms with van der Waals surface area (Å²) in [6.45, 7) is 3.24. The molecule has 0 radical (unpaired) electrons. The number of anilines is 1. The van der Waals surface area contributed by atoms with Gasteiger partial charge in [-0.1, -0.05) is 22.0 Å². The first-order valence-corrected chi connectivity index (χ1v) is 10.1. The topological polar surface area (TPSA) is 43.9 Å². The lowest BCUT2D eigenvalue weighted by atomic mass is 10.1. The number of carbonyl (C=O) groups is 2. The molecular weight excluding hydrogens is 414 g/mol. The maximum absolute atomic E-state index is 13.3. The zero-order chi connectivity index (χ0) is 18.3. The van der Waals surface area contributed by atoms with Gasteiger partial charge in [0.25, 0.3) is 11.8 Å². The highest BCUT2D eigenvalue weighted by molar-refractivity contribution is 9.10. The number of likely N-dealkylation sites (N-methyl/N-ethyl adjacent to an activating group) is 1. The molecule has 134 valence electrons. The number of nitrogens with zero attached hydrogens (tertiary/aromatic N) is 3. The molecular formula is C19H18BrN3O2S. The van der Waals surface area contributed by atoms with E-state index < -0.39 is 0 Å². The van der Waals surface area contributed by atoms with E-state index in [-0.39, 0.29) is 11.8 Å². The van der Waals surface area contributed by atoms with E-state index in [0.29, 0.717) is 17.0 Å². The molecule has 0 saturated carbocycles. The van der Waals surface area contributed by atoms with Gasteiger partial charge in [0.15, 0.2) is 0 Å². The molecule has 26 heavy (non-hydrogen) atoms. The van der Waals surface area contributed by atoms with E-state index in [9.17, 15) is 9.59 Å². The van der Waals surface area contributed by atoms with Crippen LogP contribution in [0.2, 0.25) is 0 Å². The van der Waals surface area contributed by atoms with Crippen LogP contribution in [0.5, 0.6) is 0 Å². The number of benzene rings is 1. The van der Waals surface area contributed by atoms with Gasteiger partial charge in [-0.05, 0) is 42.8 Å². The minimum absolute atomic E-state index is 0.231. The summed E-state index contributed by atoms with van der Waals surface area (Å²) < 4.78 is 0.908. The van der Waals surface area contributed by atoms with Crippen molar-refractivity contribution >= 4 is 50.3 Å². The van der Waals surface area contributed by atoms with Gasteiger partial charge in [-0.2, -0.15) is 0 Å². The van der Waals surface area contributed by atoms with Gasteiger partial charge >= 0.3 is 0 Å². The summed E-state index contributed by atoms with van der Waals surface area (Å²) in [6, 6.07) is 11.1. The van der Waals surface area contributed by atoms with Gasteiger partial charge in [0.1, 0.15) is 5.70 Å². The van der Waals surface area contributed by atoms with Crippen molar-refractivity contribution in [3.63, 3.8) is 0 Å². The molecule has 1 aromatic carbocycles. The molecule has 1 aromatic heterocycles. The molecule has 0 bridgehead atoms. The van der Waals surface area contributed by atoms with Gasteiger partial charge in [0.05, 0.1) is 11.3 Å². The molecule has 0 spiro atoms. The van der Waals surface area contributed by atoms with Gasteiger partial charge < -0.3 is 9.80 Å². The highest BCUT2D eigenvalue weighted by Crippen LogP contribution is 2.37. The minimum Gasteiger partial charge on any atom is -0.364 e. The van der Waals surface area contributed by atoms with Gasteiger partial charge in [0.2, 0.25) is 0 Å². The summed E-state index contributed by atoms with van der Waals surface area (Å²) in [5.41, 5.74) is 1.66. The molecule has 2 amide bonds. The molecule has 2 aliphatic heterocycles. The molecule has 2 aromatic rings. The Morgan fingerprint density at radius 1 is 0.962 bits per heavy atom. The van der Waals surface area contributed by atoms with E-state index in [1.54, 1.807) is 12.1 Å². The van der Waals surface area contributed by atoms with Crippen LogP contribution in [-0.4, -0.2) is 54.8 Å². The Labute approximate surface area is 164 Å². The predicted molar refractivity (Wildman–Crippen MR) is 107 cm³/mol. The van der Waals surface area contributed by atoms with E-state index in [0.717, 1.165) is 35.5 Å². The molecule has 1 saturated heterocycles. The summed E-state index contributed by atoms with van der Waals surface area (Å²) in [5.74, 6) is -0.473. The van der Waals surface area contributed by atoms with Crippen LogP contribution in [0.3, 0.4) is 0 Å². The van der Waals surface area contributed by atoms with Gasteiger partial charge in [-0.3, -0.25) is 9.59 Å². The van der Waals surface area contributed by atoms with Crippen LogP contribution in [0.15, 0.2) is 51.9 Å². The van der Waals surface area contributed by atoms with Crippen LogP contribution in [-0.2, 0) is 9.59 Å². The average molecular weight is 432 g/mol. The van der Waals surface area contributed by atoms with Crippen LogP contribution >= 0.6 is 27.3 Å². The maximum Gasteiger partial charge on any atom is 0.282 e. The molecule has 3 heterocycles. The summed E-state index contributed by atoms with van der Waals surface area (Å²) in [5, 5.41) is 1.93. The highest BCUT2D eigenvalue weighted by atomic mass is 79.9. The van der Waals surface area contributed by atoms with E-state index in [1.165, 1.54) is 16.2 Å². The smallest absolute Gasteiger partial charge is 0.282 e. The van der Waals surface area contributed by atoms with Crippen molar-refractivity contribution in [1.82, 2.24) is 9.80 Å². The van der Waals surface area contributed by atoms with E-state index in [2.05, 4.69) is 32.8 Å². The Morgan fingerprint density at radius 2 is 1.65 bits per heavy atom. The van der Waals surface area contributed by atoms with Crippen molar-refractivity contribution in [1.29, 1.82) is 0 Å². The number of thiophene rings is 1. The maximum atomic E-state index is 13.3. The third kappa shape index (κ3) is 3.00. The largest absolute Gasteiger partial charge is 0.364 e. The molecule has 0 N–H and O–H groups in total. The first-order valence-electron chi connectivity index (χ1n) is 8.42. The highest BCUT2D eigenvalue weighted by Gasteiger charge is 2.43. The lowest BCUT2D eigenvalue weighted by molar-refractivity contribution is -0.120. The number of carbonyl (C=O) groups excluding carboxylic acids is 2. The summed E-state index contributed by atoms with van der Waals surface area (Å²) in [6.07, 6.45) is 0. The second kappa shape index (κ2) is 6.98. The number of halogens is 1. The van der Waals surface area contributed by atoms with Crippen LogP contribution < -0.4 is 4.90 Å². The zero-order valence-electron chi connectivity index (χ0n) is 14.3. The molecule has 0 aliphatic carbocycles. The van der Waals surface area contributed by atoms with Crippen molar-refractivity contribution in [2.24, 2.45) is 0 Å². The Hall–Kier alpha value is -1.96. The third-order valence-electron chi connectivity index (χ3n) is 4.73. The average Bonchev–Trinajstić information content (AvgIpc) is 3.23. The second-order valence-corrected chi connectivity index (χ2v) is 8.28. The van der Waals surface area contributed by atoms with E-state index in [4.69, 9.17) is 0 Å². The number of imide groups is 1. The van der Waals surface area contributed by atoms with Crippen LogP contribution in [0, 0.1) is 0 Å². The molecule has 0 unspecified atom stereocenters. The molecule has 0 atom stereocenters. The summed E-state index contributed by atoms with van der Waals surface area (Å²) >= 11 is 4.89. The molecule has 7 heteroatoms. The number of amides is 2. The SMILES string of the molecule is CN1CCN(C2=C(c3cccs3)C(=O)N(c3ccc(Br)cc3)C2=O)CC1. The first kappa shape index (κ1) is 17.5. The van der Waals surface area contributed by atoms with Crippen LogP contribution in [0.1, 0.15) is 4.88 Å². The number of hydrogen-bond donors (Lipinski definition) is 0. The number of rotatable bonds is 3. The second-order valence-electron chi connectivity index (χ2n) is 6.41. The van der Waals surface area contributed by atoms with Crippen LogP contribution in [0.4, 0.5) is 5.69 Å². The standard InChI is InChI=1S/C19H18BrN3O2S/c1-21-8-10-22(11-9-21)17-16(15-3-2-12-26-15)18(24)23(19(17)25)14-6-4-13(20)5-7-14/h2-7,12H,8-11H2,1H3. The van der Waals surface area contributed by atoms with Crippen molar-refractivity contribution in [3.8, 4) is 0 Å².